The summed E-state index contributed by atoms with van der Waals surface area (Å²) >= 11 is 0. The van der Waals surface area contributed by atoms with Crippen LogP contribution in [0.15, 0.2) is 51.7 Å². The topological polar surface area (TPSA) is 59.3 Å². The smallest absolute Gasteiger partial charge is 0.416 e. The minimum atomic E-state index is -4.52. The third kappa shape index (κ3) is 3.46. The summed E-state index contributed by atoms with van der Waals surface area (Å²) in [4.78, 5) is 24.6. The van der Waals surface area contributed by atoms with E-state index in [1.54, 1.807) is 19.1 Å². The van der Waals surface area contributed by atoms with Crippen molar-refractivity contribution in [2.75, 3.05) is 5.32 Å². The van der Waals surface area contributed by atoms with Gasteiger partial charge in [0, 0.05) is 11.8 Å². The molecule has 1 aromatic heterocycles. The first-order valence-electron chi connectivity index (χ1n) is 7.69. The number of hydrogen-bond donors (Lipinski definition) is 1. The van der Waals surface area contributed by atoms with Crippen LogP contribution in [-0.2, 0) is 6.18 Å². The van der Waals surface area contributed by atoms with Gasteiger partial charge in [-0.1, -0.05) is 12.1 Å². The quantitative estimate of drug-likeness (QED) is 0.721. The zero-order valence-corrected chi connectivity index (χ0v) is 13.9. The maximum atomic E-state index is 12.8. The monoisotopic (exact) mass is 361 g/mol. The molecular formula is C19H14F3NO3. The van der Waals surface area contributed by atoms with E-state index in [-0.39, 0.29) is 17.0 Å². The number of nitrogens with one attached hydrogen (secondary N) is 1. The summed E-state index contributed by atoms with van der Waals surface area (Å²) in [5, 5.41) is 2.67. The Balaban J connectivity index is 1.97. The summed E-state index contributed by atoms with van der Waals surface area (Å²) in [6.07, 6.45) is -4.52. The molecule has 1 N–H and O–H groups in total. The van der Waals surface area contributed by atoms with Crippen LogP contribution in [0.3, 0.4) is 0 Å². The molecule has 3 rings (SSSR count). The Bertz CT molecular complexity index is 1070. The molecule has 3 aromatic rings. The molecule has 0 aliphatic heterocycles. The molecule has 0 unspecified atom stereocenters. The van der Waals surface area contributed by atoms with Gasteiger partial charge in [0.25, 0.3) is 5.91 Å². The van der Waals surface area contributed by atoms with Crippen LogP contribution >= 0.6 is 0 Å². The molecule has 0 saturated carbocycles. The van der Waals surface area contributed by atoms with Gasteiger partial charge in [-0.2, -0.15) is 13.2 Å². The maximum absolute atomic E-state index is 12.8. The Morgan fingerprint density at radius 2 is 1.81 bits per heavy atom. The molecule has 0 aliphatic carbocycles. The van der Waals surface area contributed by atoms with Crippen LogP contribution in [0.1, 0.15) is 27.2 Å². The molecule has 0 atom stereocenters. The van der Waals surface area contributed by atoms with Gasteiger partial charge < -0.3 is 9.73 Å². The van der Waals surface area contributed by atoms with Crippen molar-refractivity contribution in [3.8, 4) is 0 Å². The molecule has 0 bridgehead atoms. The summed E-state index contributed by atoms with van der Waals surface area (Å²) in [6.45, 7) is 3.58. The fourth-order valence-electron chi connectivity index (χ4n) is 2.69. The summed E-state index contributed by atoms with van der Waals surface area (Å²) in [7, 11) is 0. The highest BCUT2D eigenvalue weighted by Crippen LogP contribution is 2.30. The average molecular weight is 361 g/mol. The highest BCUT2D eigenvalue weighted by molar-refractivity contribution is 6.03. The van der Waals surface area contributed by atoms with Crippen molar-refractivity contribution in [3.63, 3.8) is 0 Å². The highest BCUT2D eigenvalue weighted by Gasteiger charge is 2.30. The first-order valence-corrected chi connectivity index (χ1v) is 7.69. The molecule has 0 spiro atoms. The molecule has 1 heterocycles. The number of anilines is 1. The van der Waals surface area contributed by atoms with Crippen LogP contribution in [0.4, 0.5) is 18.9 Å². The molecule has 26 heavy (non-hydrogen) atoms. The van der Waals surface area contributed by atoms with E-state index in [9.17, 15) is 22.8 Å². The van der Waals surface area contributed by atoms with E-state index in [1.165, 1.54) is 12.1 Å². The van der Waals surface area contributed by atoms with E-state index in [0.29, 0.717) is 10.9 Å². The second-order valence-corrected chi connectivity index (χ2v) is 5.97. The Kier molecular flexibility index (Phi) is 4.31. The Morgan fingerprint density at radius 1 is 1.08 bits per heavy atom. The van der Waals surface area contributed by atoms with E-state index in [4.69, 9.17) is 4.42 Å². The summed E-state index contributed by atoms with van der Waals surface area (Å²) < 4.78 is 43.8. The molecule has 1 amide bonds. The third-order valence-corrected chi connectivity index (χ3v) is 3.83. The molecule has 0 aliphatic rings. The highest BCUT2D eigenvalue weighted by atomic mass is 19.4. The Morgan fingerprint density at radius 3 is 2.50 bits per heavy atom. The van der Waals surface area contributed by atoms with E-state index in [0.717, 1.165) is 23.8 Å². The van der Waals surface area contributed by atoms with Gasteiger partial charge in [0.15, 0.2) is 11.2 Å². The van der Waals surface area contributed by atoms with Crippen molar-refractivity contribution in [1.82, 2.24) is 0 Å². The van der Waals surface area contributed by atoms with E-state index in [2.05, 4.69) is 5.32 Å². The predicted molar refractivity (Wildman–Crippen MR) is 91.4 cm³/mol. The molecule has 0 radical (unpaired) electrons. The fraction of sp³-hybridized carbons (Fsp3) is 0.158. The number of halogens is 3. The van der Waals surface area contributed by atoms with Crippen LogP contribution < -0.4 is 10.7 Å². The minimum Gasteiger partial charge on any atom is -0.450 e. The van der Waals surface area contributed by atoms with Crippen molar-refractivity contribution in [2.45, 2.75) is 20.0 Å². The molecular weight excluding hydrogens is 347 g/mol. The Labute approximate surface area is 146 Å². The number of fused-ring (bicyclic) bond motifs is 1. The summed E-state index contributed by atoms with van der Waals surface area (Å²) in [6, 6.07) is 8.71. The molecule has 4 nitrogen and oxygen atoms in total. The third-order valence-electron chi connectivity index (χ3n) is 3.83. The molecule has 0 fully saturated rings. The van der Waals surface area contributed by atoms with E-state index < -0.39 is 23.1 Å². The summed E-state index contributed by atoms with van der Waals surface area (Å²) in [5.41, 5.74) is 0.508. The number of carbonyl (C=O) groups excluding carboxylic acids is 1. The second kappa shape index (κ2) is 6.33. The fourth-order valence-corrected chi connectivity index (χ4v) is 2.69. The second-order valence-electron chi connectivity index (χ2n) is 5.97. The van der Waals surface area contributed by atoms with Crippen molar-refractivity contribution in [2.24, 2.45) is 0 Å². The zero-order chi connectivity index (χ0) is 19.1. The first-order chi connectivity index (χ1) is 12.1. The van der Waals surface area contributed by atoms with E-state index >= 15 is 0 Å². The van der Waals surface area contributed by atoms with Gasteiger partial charge in [0.1, 0.15) is 5.58 Å². The molecule has 2 aromatic carbocycles. The lowest BCUT2D eigenvalue weighted by Gasteiger charge is -2.10. The first kappa shape index (κ1) is 17.7. The summed E-state index contributed by atoms with van der Waals surface area (Å²) in [5.74, 6) is -1.07. The minimum absolute atomic E-state index is 0.0480. The number of alkyl halides is 3. The van der Waals surface area contributed by atoms with Gasteiger partial charge in [0.05, 0.1) is 10.9 Å². The number of benzene rings is 2. The largest absolute Gasteiger partial charge is 0.450 e. The normalized spacial score (nSPS) is 11.6. The maximum Gasteiger partial charge on any atom is 0.416 e. The van der Waals surface area contributed by atoms with Crippen LogP contribution in [0.25, 0.3) is 11.0 Å². The van der Waals surface area contributed by atoms with Crippen molar-refractivity contribution in [1.29, 1.82) is 0 Å². The van der Waals surface area contributed by atoms with Crippen LogP contribution in [0.2, 0.25) is 0 Å². The van der Waals surface area contributed by atoms with Gasteiger partial charge >= 0.3 is 6.18 Å². The van der Waals surface area contributed by atoms with E-state index in [1.807, 2.05) is 6.92 Å². The molecule has 0 saturated heterocycles. The van der Waals surface area contributed by atoms with Gasteiger partial charge in [0.2, 0.25) is 0 Å². The number of carbonyl (C=O) groups is 1. The SMILES string of the molecule is Cc1cc(C)c2oc(C(=O)Nc3cccc(C(F)(F)F)c3)cc(=O)c2c1. The number of amides is 1. The van der Waals surface area contributed by atoms with Gasteiger partial charge in [-0.05, 0) is 49.2 Å². The van der Waals surface area contributed by atoms with Crippen LogP contribution in [-0.4, -0.2) is 5.91 Å². The van der Waals surface area contributed by atoms with Gasteiger partial charge in [-0.15, -0.1) is 0 Å². The number of aryl methyl sites for hydroxylation is 2. The van der Waals surface area contributed by atoms with Crippen molar-refractivity contribution >= 4 is 22.6 Å². The zero-order valence-electron chi connectivity index (χ0n) is 13.9. The molecule has 7 heteroatoms. The standard InChI is InChI=1S/C19H14F3NO3/c1-10-6-11(2)17-14(7-10)15(24)9-16(26-17)18(25)23-13-5-3-4-12(8-13)19(20,21)22/h3-9H,1-2H3,(H,23,25). The molecule has 134 valence electrons. The number of rotatable bonds is 2. The number of hydrogen-bond acceptors (Lipinski definition) is 3. The van der Waals surface area contributed by atoms with Crippen molar-refractivity contribution in [3.05, 3.63) is 75.1 Å². The Hall–Kier alpha value is -3.09. The van der Waals surface area contributed by atoms with Crippen molar-refractivity contribution < 1.29 is 22.4 Å². The average Bonchev–Trinajstić information content (AvgIpc) is 2.55. The van der Waals surface area contributed by atoms with Gasteiger partial charge in [-0.25, -0.2) is 0 Å². The lowest BCUT2D eigenvalue weighted by Crippen LogP contribution is -2.16. The predicted octanol–water partition coefficient (Wildman–Crippen LogP) is 4.68. The van der Waals surface area contributed by atoms with Crippen LogP contribution in [0, 0.1) is 13.8 Å². The lowest BCUT2D eigenvalue weighted by atomic mass is 10.1. The van der Waals surface area contributed by atoms with Crippen LogP contribution in [0.5, 0.6) is 0 Å². The lowest BCUT2D eigenvalue weighted by molar-refractivity contribution is -0.137. The van der Waals surface area contributed by atoms with Gasteiger partial charge in [-0.3, -0.25) is 9.59 Å².